The van der Waals surface area contributed by atoms with Crippen LogP contribution in [0.15, 0.2) is 18.2 Å². The summed E-state index contributed by atoms with van der Waals surface area (Å²) in [5, 5.41) is 8.98. The van der Waals surface area contributed by atoms with Crippen molar-refractivity contribution in [2.75, 3.05) is 25.9 Å². The lowest BCUT2D eigenvalue weighted by atomic mass is 9.97. The maximum Gasteiger partial charge on any atom is 0.306 e. The van der Waals surface area contributed by atoms with Crippen LogP contribution in [0.1, 0.15) is 18.4 Å². The molecule has 0 unspecified atom stereocenters. The molecule has 1 aliphatic heterocycles. The highest BCUT2D eigenvalue weighted by atomic mass is 16.5. The zero-order valence-electron chi connectivity index (χ0n) is 11.1. The van der Waals surface area contributed by atoms with Gasteiger partial charge in [-0.1, -0.05) is 0 Å². The normalized spacial score (nSPS) is 17.3. The molecular weight excluding hydrogens is 244 g/mol. The summed E-state index contributed by atoms with van der Waals surface area (Å²) in [5.41, 5.74) is 7.57. The molecule has 2 rings (SSSR count). The number of methoxy groups -OCH3 is 1. The number of carboxylic acids is 1. The number of rotatable bonds is 4. The summed E-state index contributed by atoms with van der Waals surface area (Å²) in [4.78, 5) is 13.2. The molecule has 1 fully saturated rings. The fourth-order valence-electron chi connectivity index (χ4n) is 2.50. The number of piperidine rings is 1. The van der Waals surface area contributed by atoms with Gasteiger partial charge in [0.25, 0.3) is 0 Å². The predicted octanol–water partition coefficient (Wildman–Crippen LogP) is 1.57. The summed E-state index contributed by atoms with van der Waals surface area (Å²) in [6.45, 7) is 2.35. The van der Waals surface area contributed by atoms with Crippen LogP contribution in [0.4, 0.5) is 5.69 Å². The van der Waals surface area contributed by atoms with Crippen molar-refractivity contribution in [1.82, 2.24) is 4.90 Å². The fraction of sp³-hybridized carbons (Fsp3) is 0.500. The molecule has 0 aromatic heterocycles. The van der Waals surface area contributed by atoms with E-state index >= 15 is 0 Å². The second-order valence-corrected chi connectivity index (χ2v) is 4.96. The number of likely N-dealkylation sites (tertiary alicyclic amines) is 1. The van der Waals surface area contributed by atoms with E-state index in [0.29, 0.717) is 12.8 Å². The van der Waals surface area contributed by atoms with Gasteiger partial charge in [-0.15, -0.1) is 0 Å². The van der Waals surface area contributed by atoms with Crippen LogP contribution in [0.2, 0.25) is 0 Å². The Morgan fingerprint density at radius 2 is 2.16 bits per heavy atom. The highest BCUT2D eigenvalue weighted by Crippen LogP contribution is 2.25. The number of carboxylic acid groups (broad SMARTS) is 1. The van der Waals surface area contributed by atoms with Crippen molar-refractivity contribution in [2.45, 2.75) is 19.4 Å². The number of hydrogen-bond acceptors (Lipinski definition) is 4. The average Bonchev–Trinajstić information content (AvgIpc) is 2.39. The van der Waals surface area contributed by atoms with Crippen LogP contribution >= 0.6 is 0 Å². The molecule has 19 heavy (non-hydrogen) atoms. The Balaban J connectivity index is 1.99. The van der Waals surface area contributed by atoms with E-state index in [1.807, 2.05) is 18.2 Å². The topological polar surface area (TPSA) is 75.8 Å². The Morgan fingerprint density at radius 3 is 2.74 bits per heavy atom. The lowest BCUT2D eigenvalue weighted by molar-refractivity contribution is -0.143. The molecule has 1 aromatic carbocycles. The minimum atomic E-state index is -0.679. The van der Waals surface area contributed by atoms with Gasteiger partial charge in [-0.05, 0) is 44.1 Å². The number of aliphatic carboxylic acids is 1. The van der Waals surface area contributed by atoms with Crippen molar-refractivity contribution in [2.24, 2.45) is 5.92 Å². The molecule has 104 valence electrons. The van der Waals surface area contributed by atoms with E-state index in [1.165, 1.54) is 0 Å². The first-order valence-electron chi connectivity index (χ1n) is 6.47. The van der Waals surface area contributed by atoms with Gasteiger partial charge in [-0.25, -0.2) is 0 Å². The van der Waals surface area contributed by atoms with Crippen molar-refractivity contribution in [3.8, 4) is 5.75 Å². The largest absolute Gasteiger partial charge is 0.496 e. The Labute approximate surface area is 113 Å². The van der Waals surface area contributed by atoms with E-state index in [-0.39, 0.29) is 5.92 Å². The Bertz CT molecular complexity index is 454. The van der Waals surface area contributed by atoms with E-state index in [2.05, 4.69) is 4.90 Å². The molecule has 0 radical (unpaired) electrons. The van der Waals surface area contributed by atoms with Gasteiger partial charge >= 0.3 is 5.97 Å². The zero-order chi connectivity index (χ0) is 13.8. The molecular formula is C14H20N2O3. The van der Waals surface area contributed by atoms with Crippen LogP contribution in [0.25, 0.3) is 0 Å². The molecule has 5 heteroatoms. The summed E-state index contributed by atoms with van der Waals surface area (Å²) in [6, 6.07) is 5.61. The first-order chi connectivity index (χ1) is 9.10. The third-order valence-electron chi connectivity index (χ3n) is 3.64. The van der Waals surface area contributed by atoms with E-state index in [9.17, 15) is 4.79 Å². The zero-order valence-corrected chi connectivity index (χ0v) is 11.1. The molecule has 5 nitrogen and oxygen atoms in total. The molecule has 1 aromatic rings. The van der Waals surface area contributed by atoms with Gasteiger partial charge < -0.3 is 15.6 Å². The van der Waals surface area contributed by atoms with Crippen LogP contribution in [-0.4, -0.2) is 36.2 Å². The van der Waals surface area contributed by atoms with Crippen LogP contribution < -0.4 is 10.5 Å². The number of nitrogens with zero attached hydrogens (tertiary/aromatic N) is 1. The second kappa shape index (κ2) is 5.93. The summed E-state index contributed by atoms with van der Waals surface area (Å²) >= 11 is 0. The first-order valence-corrected chi connectivity index (χ1v) is 6.47. The number of benzene rings is 1. The van der Waals surface area contributed by atoms with Crippen LogP contribution in [0.3, 0.4) is 0 Å². The standard InChI is InChI=1S/C14H20N2O3/c1-19-13-3-2-12(15)8-11(13)9-16-6-4-10(5-7-16)14(17)18/h2-3,8,10H,4-7,9,15H2,1H3,(H,17,18). The summed E-state index contributed by atoms with van der Waals surface area (Å²) in [7, 11) is 1.64. The van der Waals surface area contributed by atoms with E-state index in [4.69, 9.17) is 15.6 Å². The van der Waals surface area contributed by atoms with Gasteiger partial charge in [-0.3, -0.25) is 9.69 Å². The molecule has 0 bridgehead atoms. The van der Waals surface area contributed by atoms with Gasteiger partial charge in [0.15, 0.2) is 0 Å². The number of anilines is 1. The van der Waals surface area contributed by atoms with Crippen molar-refractivity contribution in [1.29, 1.82) is 0 Å². The smallest absolute Gasteiger partial charge is 0.306 e. The van der Waals surface area contributed by atoms with Crippen molar-refractivity contribution < 1.29 is 14.6 Å². The fourth-order valence-corrected chi connectivity index (χ4v) is 2.50. The van der Waals surface area contributed by atoms with Crippen LogP contribution in [-0.2, 0) is 11.3 Å². The molecule has 0 saturated carbocycles. The van der Waals surface area contributed by atoms with Crippen LogP contribution in [0, 0.1) is 5.92 Å². The monoisotopic (exact) mass is 264 g/mol. The van der Waals surface area contributed by atoms with Gasteiger partial charge in [0.05, 0.1) is 13.0 Å². The van der Waals surface area contributed by atoms with Gasteiger partial charge in [0.2, 0.25) is 0 Å². The van der Waals surface area contributed by atoms with Gasteiger partial charge in [-0.2, -0.15) is 0 Å². The lowest BCUT2D eigenvalue weighted by Crippen LogP contribution is -2.35. The minimum Gasteiger partial charge on any atom is -0.496 e. The molecule has 0 atom stereocenters. The minimum absolute atomic E-state index is 0.195. The predicted molar refractivity (Wildman–Crippen MR) is 73.0 cm³/mol. The summed E-state index contributed by atoms with van der Waals surface area (Å²) in [5.74, 6) is -0.0465. The van der Waals surface area contributed by atoms with Crippen molar-refractivity contribution in [3.05, 3.63) is 23.8 Å². The Kier molecular flexibility index (Phi) is 4.27. The Morgan fingerprint density at radius 1 is 1.47 bits per heavy atom. The van der Waals surface area contributed by atoms with Crippen LogP contribution in [0.5, 0.6) is 5.75 Å². The molecule has 1 heterocycles. The number of nitrogen functional groups attached to an aromatic ring is 1. The maximum absolute atomic E-state index is 10.9. The second-order valence-electron chi connectivity index (χ2n) is 4.96. The van der Waals surface area contributed by atoms with E-state index < -0.39 is 5.97 Å². The average molecular weight is 264 g/mol. The van der Waals surface area contributed by atoms with Gasteiger partial charge in [0.1, 0.15) is 5.75 Å². The SMILES string of the molecule is COc1ccc(N)cc1CN1CCC(C(=O)O)CC1. The third kappa shape index (κ3) is 3.38. The Hall–Kier alpha value is -1.75. The third-order valence-corrected chi connectivity index (χ3v) is 3.64. The van der Waals surface area contributed by atoms with Gasteiger partial charge in [0, 0.05) is 17.8 Å². The molecule has 3 N–H and O–H groups in total. The summed E-state index contributed by atoms with van der Waals surface area (Å²) < 4.78 is 5.32. The number of ether oxygens (including phenoxy) is 1. The molecule has 1 saturated heterocycles. The molecule has 0 amide bonds. The van der Waals surface area contributed by atoms with Crippen molar-refractivity contribution >= 4 is 11.7 Å². The maximum atomic E-state index is 10.9. The summed E-state index contributed by atoms with van der Waals surface area (Å²) in [6.07, 6.45) is 1.42. The number of hydrogen-bond donors (Lipinski definition) is 2. The highest BCUT2D eigenvalue weighted by Gasteiger charge is 2.24. The first kappa shape index (κ1) is 13.7. The quantitative estimate of drug-likeness (QED) is 0.807. The lowest BCUT2D eigenvalue weighted by Gasteiger charge is -2.30. The molecule has 0 aliphatic carbocycles. The number of nitrogens with two attached hydrogens (primary N) is 1. The van der Waals surface area contributed by atoms with E-state index in [0.717, 1.165) is 36.6 Å². The van der Waals surface area contributed by atoms with Crippen molar-refractivity contribution in [3.63, 3.8) is 0 Å². The molecule has 1 aliphatic rings. The van der Waals surface area contributed by atoms with E-state index in [1.54, 1.807) is 7.11 Å². The highest BCUT2D eigenvalue weighted by molar-refractivity contribution is 5.70. The number of carbonyl (C=O) groups is 1. The molecule has 0 spiro atoms.